The number of Topliss-reactive ketones (excluding diaryl/α,β-unsaturated/α-hetero) is 2. The highest BCUT2D eigenvalue weighted by atomic mass is 16.2. The number of rotatable bonds is 2. The van der Waals surface area contributed by atoms with E-state index in [1.165, 1.54) is 11.1 Å². The van der Waals surface area contributed by atoms with Gasteiger partial charge >= 0.3 is 0 Å². The number of hydrogen-bond acceptors (Lipinski definition) is 3. The Kier molecular flexibility index (Phi) is 6.23. The van der Waals surface area contributed by atoms with Gasteiger partial charge in [-0.15, -0.1) is 0 Å². The molecule has 0 saturated heterocycles. The molecule has 0 saturated carbocycles. The van der Waals surface area contributed by atoms with Gasteiger partial charge in [-0.3, -0.25) is 14.6 Å². The van der Waals surface area contributed by atoms with Gasteiger partial charge in [0.05, 0.1) is 22.1 Å². The van der Waals surface area contributed by atoms with Crippen molar-refractivity contribution >= 4 is 61.1 Å². The van der Waals surface area contributed by atoms with E-state index in [4.69, 9.17) is 4.98 Å². The number of fused-ring (bicyclic) bond motifs is 7. The molecule has 1 aliphatic rings. The molecule has 4 nitrogen and oxygen atoms in total. The summed E-state index contributed by atoms with van der Waals surface area (Å²) in [6, 6.07) is 33.1. The summed E-state index contributed by atoms with van der Waals surface area (Å²) < 4.78 is 2.34. The van der Waals surface area contributed by atoms with Gasteiger partial charge in [-0.1, -0.05) is 90.1 Å². The molecule has 2 aromatic heterocycles. The molecule has 230 valence electrons. The van der Waals surface area contributed by atoms with Crippen molar-refractivity contribution in [3.8, 4) is 5.69 Å². The molecule has 7 aromatic rings. The molecule has 5 aromatic carbocycles. The lowest BCUT2D eigenvalue weighted by Crippen LogP contribution is -2.17. The quantitative estimate of drug-likeness (QED) is 0.144. The molecular weight excluding hydrogens is 576 g/mol. The van der Waals surface area contributed by atoms with Gasteiger partial charge in [0.15, 0.2) is 11.6 Å². The second kappa shape index (κ2) is 10.1. The maximum atomic E-state index is 13.4. The summed E-state index contributed by atoms with van der Waals surface area (Å²) in [6.07, 6.45) is 3.60. The van der Waals surface area contributed by atoms with E-state index in [0.717, 1.165) is 54.7 Å². The number of ketones is 2. The zero-order chi connectivity index (χ0) is 32.8. The molecule has 8 rings (SSSR count). The number of carbonyl (C=O) groups excluding carboxylic acids is 2. The molecule has 0 radical (unpaired) electrons. The van der Waals surface area contributed by atoms with E-state index in [1.807, 2.05) is 54.7 Å². The maximum absolute atomic E-state index is 13.4. The van der Waals surface area contributed by atoms with Crippen LogP contribution in [0, 0.1) is 0 Å². The fraction of sp³-hybridized carbons (Fsp3) is 0.186. The third-order valence-corrected chi connectivity index (χ3v) is 9.61. The summed E-state index contributed by atoms with van der Waals surface area (Å²) in [5.41, 5.74) is 8.76. The first kappa shape index (κ1) is 29.1. The van der Waals surface area contributed by atoms with Gasteiger partial charge in [0.25, 0.3) is 0 Å². The standard InChI is InChI=1S/C43H36N2O2/c1-42(2,3)29-22-30(43(4,5)6)24-31(23-29)45-36-16-14-28-18-25(13-15-32(28)38(36)39-37(45)12-9-17-44-39)19-35-40(46)33-20-26-10-7-8-11-27(26)21-34(33)41(35)47/h7-24H,1-6H3. The number of nitrogens with zero attached hydrogens (tertiary/aromatic N) is 2. The van der Waals surface area contributed by atoms with E-state index in [-0.39, 0.29) is 28.0 Å². The Morgan fingerprint density at radius 1 is 0.617 bits per heavy atom. The molecule has 0 amide bonds. The van der Waals surface area contributed by atoms with E-state index < -0.39 is 0 Å². The van der Waals surface area contributed by atoms with Crippen LogP contribution in [-0.2, 0) is 10.8 Å². The molecule has 0 unspecified atom stereocenters. The number of allylic oxidation sites excluding steroid dienone is 1. The Morgan fingerprint density at radius 2 is 1.26 bits per heavy atom. The summed E-state index contributed by atoms with van der Waals surface area (Å²) in [7, 11) is 0. The van der Waals surface area contributed by atoms with Gasteiger partial charge < -0.3 is 4.57 Å². The molecule has 0 N–H and O–H groups in total. The fourth-order valence-corrected chi connectivity index (χ4v) is 6.95. The first-order valence-corrected chi connectivity index (χ1v) is 16.2. The topological polar surface area (TPSA) is 52.0 Å². The maximum Gasteiger partial charge on any atom is 0.197 e. The van der Waals surface area contributed by atoms with Crippen LogP contribution in [0.2, 0.25) is 0 Å². The minimum Gasteiger partial charge on any atom is -0.308 e. The highest BCUT2D eigenvalue weighted by Gasteiger charge is 2.33. The molecule has 0 aliphatic heterocycles. The first-order chi connectivity index (χ1) is 22.4. The van der Waals surface area contributed by atoms with Gasteiger partial charge in [0.2, 0.25) is 0 Å². The van der Waals surface area contributed by atoms with Crippen LogP contribution >= 0.6 is 0 Å². The Balaban J connectivity index is 1.29. The van der Waals surface area contributed by atoms with Crippen LogP contribution in [-0.4, -0.2) is 21.1 Å². The highest BCUT2D eigenvalue weighted by Crippen LogP contribution is 2.39. The molecule has 0 atom stereocenters. The Hall–Kier alpha value is -5.35. The van der Waals surface area contributed by atoms with E-state index in [2.05, 4.69) is 94.6 Å². The Labute approximate surface area is 274 Å². The summed E-state index contributed by atoms with van der Waals surface area (Å²) in [5, 5.41) is 5.10. The van der Waals surface area contributed by atoms with Crippen LogP contribution in [0.25, 0.3) is 55.2 Å². The second-order valence-corrected chi connectivity index (χ2v) is 14.9. The predicted molar refractivity (Wildman–Crippen MR) is 194 cm³/mol. The van der Waals surface area contributed by atoms with Crippen LogP contribution in [0.3, 0.4) is 0 Å². The number of carbonyl (C=O) groups is 2. The van der Waals surface area contributed by atoms with E-state index in [9.17, 15) is 9.59 Å². The van der Waals surface area contributed by atoms with Gasteiger partial charge in [0, 0.05) is 28.4 Å². The van der Waals surface area contributed by atoms with Gasteiger partial charge in [-0.2, -0.15) is 0 Å². The molecule has 1 aliphatic carbocycles. The summed E-state index contributed by atoms with van der Waals surface area (Å²) in [5.74, 6) is -0.434. The summed E-state index contributed by atoms with van der Waals surface area (Å²) >= 11 is 0. The van der Waals surface area contributed by atoms with Gasteiger partial charge in [0.1, 0.15) is 0 Å². The SMILES string of the molecule is CC(C)(C)c1cc(-n2c3cccnc3c3c4ccc(C=C5C(=O)c6cc7ccccc7cc6C5=O)cc4ccc32)cc(C(C)(C)C)c1. The Morgan fingerprint density at radius 3 is 1.87 bits per heavy atom. The molecule has 0 spiro atoms. The number of hydrogen-bond donors (Lipinski definition) is 0. The van der Waals surface area contributed by atoms with Crippen LogP contribution in [0.1, 0.15) is 78.9 Å². The average Bonchev–Trinajstić information content (AvgIpc) is 3.50. The van der Waals surface area contributed by atoms with Crippen LogP contribution in [0.5, 0.6) is 0 Å². The van der Waals surface area contributed by atoms with Crippen molar-refractivity contribution in [1.29, 1.82) is 0 Å². The molecule has 0 fully saturated rings. The monoisotopic (exact) mass is 612 g/mol. The Bertz CT molecular complexity index is 2430. The lowest BCUT2D eigenvalue weighted by molar-refractivity contribution is 0.0990. The van der Waals surface area contributed by atoms with Gasteiger partial charge in [-0.05, 0) is 104 Å². The van der Waals surface area contributed by atoms with Gasteiger partial charge in [-0.25, -0.2) is 0 Å². The lowest BCUT2D eigenvalue weighted by Gasteiger charge is -2.26. The minimum atomic E-state index is -0.217. The number of benzene rings is 5. The normalized spacial score (nSPS) is 13.8. The third kappa shape index (κ3) is 4.62. The molecule has 2 heterocycles. The minimum absolute atomic E-state index is 0.0123. The molecule has 4 heteroatoms. The average molecular weight is 613 g/mol. The number of pyridine rings is 1. The smallest absolute Gasteiger partial charge is 0.197 e. The largest absolute Gasteiger partial charge is 0.308 e. The molecular formula is C43H36N2O2. The van der Waals surface area contributed by atoms with Crippen molar-refractivity contribution in [2.45, 2.75) is 52.4 Å². The van der Waals surface area contributed by atoms with Crippen molar-refractivity contribution < 1.29 is 9.59 Å². The predicted octanol–water partition coefficient (Wildman–Crippen LogP) is 10.5. The van der Waals surface area contributed by atoms with Crippen molar-refractivity contribution in [2.24, 2.45) is 0 Å². The zero-order valence-electron chi connectivity index (χ0n) is 27.6. The summed E-state index contributed by atoms with van der Waals surface area (Å²) in [6.45, 7) is 13.6. The fourth-order valence-electron chi connectivity index (χ4n) is 6.95. The summed E-state index contributed by atoms with van der Waals surface area (Å²) in [4.78, 5) is 31.8. The molecule has 47 heavy (non-hydrogen) atoms. The second-order valence-electron chi connectivity index (χ2n) is 14.9. The highest BCUT2D eigenvalue weighted by molar-refractivity contribution is 6.42. The first-order valence-electron chi connectivity index (χ1n) is 16.2. The van der Waals surface area contributed by atoms with Crippen LogP contribution in [0.4, 0.5) is 0 Å². The van der Waals surface area contributed by atoms with E-state index in [0.29, 0.717) is 11.1 Å². The van der Waals surface area contributed by atoms with E-state index in [1.54, 1.807) is 6.08 Å². The third-order valence-electron chi connectivity index (χ3n) is 9.61. The van der Waals surface area contributed by atoms with E-state index >= 15 is 0 Å². The van der Waals surface area contributed by atoms with Crippen molar-refractivity contribution in [3.63, 3.8) is 0 Å². The zero-order valence-corrected chi connectivity index (χ0v) is 27.6. The van der Waals surface area contributed by atoms with Crippen molar-refractivity contribution in [2.75, 3.05) is 0 Å². The molecule has 0 bridgehead atoms. The van der Waals surface area contributed by atoms with Crippen molar-refractivity contribution in [1.82, 2.24) is 9.55 Å². The number of aromatic nitrogens is 2. The van der Waals surface area contributed by atoms with Crippen molar-refractivity contribution in [3.05, 3.63) is 137 Å². The van der Waals surface area contributed by atoms with Crippen LogP contribution < -0.4 is 0 Å². The van der Waals surface area contributed by atoms with Crippen LogP contribution in [0.15, 0.2) is 109 Å². The lowest BCUT2D eigenvalue weighted by atomic mass is 9.80.